The molecule has 3 N–H and O–H groups in total. The molecule has 1 amide bonds. The first-order valence-corrected chi connectivity index (χ1v) is 7.03. The molecule has 0 bridgehead atoms. The summed E-state index contributed by atoms with van der Waals surface area (Å²) < 4.78 is 12.9. The summed E-state index contributed by atoms with van der Waals surface area (Å²) >= 11 is 1.38. The first-order chi connectivity index (χ1) is 9.60. The second-order valence-corrected chi connectivity index (χ2v) is 5.29. The average Bonchev–Trinajstić information content (AvgIpc) is 2.42. The first-order valence-electron chi connectivity index (χ1n) is 6.21. The van der Waals surface area contributed by atoms with Crippen molar-refractivity contribution in [2.45, 2.75) is 16.7 Å². The Kier molecular flexibility index (Phi) is 4.63. The van der Waals surface area contributed by atoms with Crippen LogP contribution in [0.2, 0.25) is 0 Å². The molecule has 0 aliphatic rings. The van der Waals surface area contributed by atoms with Gasteiger partial charge in [-0.25, -0.2) is 4.39 Å². The second-order valence-electron chi connectivity index (χ2n) is 4.17. The van der Waals surface area contributed by atoms with Gasteiger partial charge >= 0.3 is 0 Å². The van der Waals surface area contributed by atoms with Crippen LogP contribution in [0.5, 0.6) is 0 Å². The highest BCUT2D eigenvalue weighted by molar-refractivity contribution is 7.99. The zero-order valence-corrected chi connectivity index (χ0v) is 11.8. The Morgan fingerprint density at radius 3 is 2.60 bits per heavy atom. The van der Waals surface area contributed by atoms with Gasteiger partial charge < -0.3 is 11.1 Å². The molecule has 2 aromatic carbocycles. The third kappa shape index (κ3) is 3.51. The Morgan fingerprint density at radius 1 is 1.25 bits per heavy atom. The summed E-state index contributed by atoms with van der Waals surface area (Å²) in [5.74, 6) is -0.428. The van der Waals surface area contributed by atoms with Gasteiger partial charge in [-0.1, -0.05) is 11.8 Å². The molecular weight excluding hydrogens is 275 g/mol. The molecule has 0 fully saturated rings. The Balaban J connectivity index is 2.31. The molecule has 0 aliphatic carbocycles. The van der Waals surface area contributed by atoms with Gasteiger partial charge in [0.2, 0.25) is 0 Å². The quantitative estimate of drug-likeness (QED) is 0.849. The Bertz CT molecular complexity index is 614. The van der Waals surface area contributed by atoms with E-state index in [9.17, 15) is 9.18 Å². The predicted octanol–water partition coefficient (Wildman–Crippen LogP) is 3.31. The number of hydrogen-bond donors (Lipinski definition) is 2. The van der Waals surface area contributed by atoms with Crippen LogP contribution in [0.4, 0.5) is 10.1 Å². The number of nitrogens with two attached hydrogens (primary N) is 1. The van der Waals surface area contributed by atoms with E-state index < -0.39 is 0 Å². The van der Waals surface area contributed by atoms with Crippen molar-refractivity contribution in [1.82, 2.24) is 5.32 Å². The third-order valence-corrected chi connectivity index (χ3v) is 3.69. The predicted molar refractivity (Wildman–Crippen MR) is 79.4 cm³/mol. The molecule has 0 aliphatic heterocycles. The molecule has 0 spiro atoms. The number of halogens is 1. The monoisotopic (exact) mass is 290 g/mol. The van der Waals surface area contributed by atoms with E-state index in [2.05, 4.69) is 5.32 Å². The molecule has 0 radical (unpaired) electrons. The van der Waals surface area contributed by atoms with Crippen LogP contribution in [-0.4, -0.2) is 12.5 Å². The number of benzene rings is 2. The molecule has 0 saturated carbocycles. The second kappa shape index (κ2) is 6.43. The lowest BCUT2D eigenvalue weighted by atomic mass is 10.2. The van der Waals surface area contributed by atoms with E-state index in [4.69, 9.17) is 5.73 Å². The number of nitrogen functional groups attached to an aromatic ring is 1. The molecule has 0 saturated heterocycles. The summed E-state index contributed by atoms with van der Waals surface area (Å²) in [5.41, 5.74) is 6.93. The van der Waals surface area contributed by atoms with E-state index in [1.807, 2.05) is 6.92 Å². The van der Waals surface area contributed by atoms with Crippen molar-refractivity contribution in [3.63, 3.8) is 0 Å². The molecule has 2 aromatic rings. The first kappa shape index (κ1) is 14.4. The minimum absolute atomic E-state index is 0.142. The summed E-state index contributed by atoms with van der Waals surface area (Å²) in [5, 5.41) is 2.76. The number of carbonyl (C=O) groups is 1. The summed E-state index contributed by atoms with van der Waals surface area (Å²) in [6, 6.07) is 11.3. The van der Waals surface area contributed by atoms with Crippen molar-refractivity contribution < 1.29 is 9.18 Å². The fourth-order valence-electron chi connectivity index (χ4n) is 1.70. The number of nitrogens with one attached hydrogen (secondary N) is 1. The number of anilines is 1. The van der Waals surface area contributed by atoms with Crippen LogP contribution in [0.3, 0.4) is 0 Å². The molecule has 3 nitrogen and oxygen atoms in total. The van der Waals surface area contributed by atoms with Gasteiger partial charge in [0.25, 0.3) is 5.91 Å². The zero-order chi connectivity index (χ0) is 14.5. The topological polar surface area (TPSA) is 55.1 Å². The zero-order valence-electron chi connectivity index (χ0n) is 11.0. The molecule has 2 rings (SSSR count). The van der Waals surface area contributed by atoms with Gasteiger partial charge in [0.1, 0.15) is 5.82 Å². The lowest BCUT2D eigenvalue weighted by Gasteiger charge is -2.10. The molecule has 20 heavy (non-hydrogen) atoms. The normalized spacial score (nSPS) is 10.3. The van der Waals surface area contributed by atoms with Crippen molar-refractivity contribution in [2.75, 3.05) is 12.3 Å². The van der Waals surface area contributed by atoms with Crippen molar-refractivity contribution >= 4 is 23.4 Å². The minimum atomic E-state index is -0.286. The van der Waals surface area contributed by atoms with E-state index in [0.29, 0.717) is 17.8 Å². The van der Waals surface area contributed by atoms with E-state index in [-0.39, 0.29) is 11.7 Å². The molecule has 0 heterocycles. The number of amides is 1. The van der Waals surface area contributed by atoms with Crippen molar-refractivity contribution in [3.8, 4) is 0 Å². The lowest BCUT2D eigenvalue weighted by Crippen LogP contribution is -2.23. The van der Waals surface area contributed by atoms with Gasteiger partial charge in [-0.05, 0) is 49.4 Å². The van der Waals surface area contributed by atoms with Gasteiger partial charge in [-0.15, -0.1) is 0 Å². The summed E-state index contributed by atoms with van der Waals surface area (Å²) in [4.78, 5) is 13.6. The van der Waals surface area contributed by atoms with Crippen LogP contribution < -0.4 is 11.1 Å². The molecular formula is C15H15FN2OS. The highest BCUT2D eigenvalue weighted by Gasteiger charge is 2.12. The third-order valence-electron chi connectivity index (χ3n) is 2.63. The van der Waals surface area contributed by atoms with Gasteiger partial charge in [0.05, 0.1) is 5.56 Å². The van der Waals surface area contributed by atoms with Crippen LogP contribution in [0.15, 0.2) is 52.3 Å². The number of hydrogen-bond acceptors (Lipinski definition) is 3. The summed E-state index contributed by atoms with van der Waals surface area (Å²) in [7, 11) is 0. The van der Waals surface area contributed by atoms with Crippen molar-refractivity contribution in [3.05, 3.63) is 53.8 Å². The Labute approximate surface area is 121 Å². The molecule has 5 heteroatoms. The standard InChI is InChI=1S/C15H15FN2OS/c1-2-18-15(19)13-8-5-11(17)9-14(13)20-12-6-3-10(16)4-7-12/h3-9H,2,17H2,1H3,(H,18,19). The van der Waals surface area contributed by atoms with Gasteiger partial charge in [-0.3, -0.25) is 4.79 Å². The van der Waals surface area contributed by atoms with Crippen LogP contribution in [0.25, 0.3) is 0 Å². The van der Waals surface area contributed by atoms with Gasteiger partial charge in [0, 0.05) is 22.0 Å². The summed E-state index contributed by atoms with van der Waals surface area (Å²) in [6.45, 7) is 2.42. The fourth-order valence-corrected chi connectivity index (χ4v) is 2.69. The van der Waals surface area contributed by atoms with Crippen LogP contribution in [0, 0.1) is 5.82 Å². The largest absolute Gasteiger partial charge is 0.399 e. The van der Waals surface area contributed by atoms with Crippen LogP contribution >= 0.6 is 11.8 Å². The molecule has 104 valence electrons. The Morgan fingerprint density at radius 2 is 1.95 bits per heavy atom. The number of carbonyl (C=O) groups excluding carboxylic acids is 1. The van der Waals surface area contributed by atoms with E-state index in [1.165, 1.54) is 23.9 Å². The SMILES string of the molecule is CCNC(=O)c1ccc(N)cc1Sc1ccc(F)cc1. The average molecular weight is 290 g/mol. The van der Waals surface area contributed by atoms with Gasteiger partial charge in [-0.2, -0.15) is 0 Å². The van der Waals surface area contributed by atoms with E-state index in [0.717, 1.165) is 9.79 Å². The molecule has 0 aromatic heterocycles. The maximum Gasteiger partial charge on any atom is 0.252 e. The minimum Gasteiger partial charge on any atom is -0.399 e. The summed E-state index contributed by atoms with van der Waals surface area (Å²) in [6.07, 6.45) is 0. The maximum atomic E-state index is 12.9. The fraction of sp³-hybridized carbons (Fsp3) is 0.133. The maximum absolute atomic E-state index is 12.9. The smallest absolute Gasteiger partial charge is 0.252 e. The van der Waals surface area contributed by atoms with Crippen molar-refractivity contribution in [1.29, 1.82) is 0 Å². The molecule has 0 unspecified atom stereocenters. The van der Waals surface area contributed by atoms with Gasteiger partial charge in [0.15, 0.2) is 0 Å². The van der Waals surface area contributed by atoms with E-state index >= 15 is 0 Å². The highest BCUT2D eigenvalue weighted by atomic mass is 32.2. The Hall–Kier alpha value is -2.01. The number of rotatable bonds is 4. The van der Waals surface area contributed by atoms with Crippen LogP contribution in [0.1, 0.15) is 17.3 Å². The van der Waals surface area contributed by atoms with E-state index in [1.54, 1.807) is 30.3 Å². The lowest BCUT2D eigenvalue weighted by molar-refractivity contribution is 0.0953. The van der Waals surface area contributed by atoms with Crippen molar-refractivity contribution in [2.24, 2.45) is 0 Å². The highest BCUT2D eigenvalue weighted by Crippen LogP contribution is 2.32. The molecule has 0 atom stereocenters. The van der Waals surface area contributed by atoms with Crippen LogP contribution in [-0.2, 0) is 0 Å².